The van der Waals surface area contributed by atoms with Crippen molar-refractivity contribution >= 4 is 17.6 Å². The summed E-state index contributed by atoms with van der Waals surface area (Å²) in [7, 11) is 0. The van der Waals surface area contributed by atoms with Crippen LogP contribution in [0.1, 0.15) is 42.5 Å². The lowest BCUT2D eigenvalue weighted by molar-refractivity contribution is -0.129. The number of anilines is 1. The number of likely N-dealkylation sites (tertiary alicyclic amines) is 1. The van der Waals surface area contributed by atoms with Crippen LogP contribution in [0.2, 0.25) is 0 Å². The van der Waals surface area contributed by atoms with E-state index in [0.29, 0.717) is 18.5 Å². The summed E-state index contributed by atoms with van der Waals surface area (Å²) in [5.74, 6) is 0.747. The lowest BCUT2D eigenvalue weighted by atomic mass is 10.2. The zero-order valence-electron chi connectivity index (χ0n) is 13.5. The van der Waals surface area contributed by atoms with Gasteiger partial charge >= 0.3 is 0 Å². The highest BCUT2D eigenvalue weighted by molar-refractivity contribution is 5.99. The maximum atomic E-state index is 12.4. The number of pyridine rings is 1. The van der Waals surface area contributed by atoms with Crippen LogP contribution in [-0.2, 0) is 4.79 Å². The average Bonchev–Trinajstić information content (AvgIpc) is 3.28. The molecule has 2 saturated heterocycles. The van der Waals surface area contributed by atoms with Crippen LogP contribution in [0.3, 0.4) is 0 Å². The van der Waals surface area contributed by atoms with Gasteiger partial charge in [-0.05, 0) is 37.8 Å². The van der Waals surface area contributed by atoms with Crippen molar-refractivity contribution in [3.63, 3.8) is 0 Å². The third-order valence-corrected chi connectivity index (χ3v) is 4.52. The summed E-state index contributed by atoms with van der Waals surface area (Å²) >= 11 is 0. The fourth-order valence-corrected chi connectivity index (χ4v) is 3.26. The lowest BCUT2D eigenvalue weighted by Crippen LogP contribution is -2.33. The molecule has 124 valence electrons. The fourth-order valence-electron chi connectivity index (χ4n) is 3.26. The number of aromatic nitrogens is 1. The highest BCUT2D eigenvalue weighted by Gasteiger charge is 2.21. The molecule has 1 aromatic heterocycles. The van der Waals surface area contributed by atoms with Crippen LogP contribution < -0.4 is 10.2 Å². The molecule has 0 radical (unpaired) electrons. The molecule has 2 fully saturated rings. The molecule has 1 N–H and O–H groups in total. The van der Waals surface area contributed by atoms with Crippen LogP contribution >= 0.6 is 0 Å². The van der Waals surface area contributed by atoms with E-state index in [1.807, 2.05) is 4.90 Å². The molecular weight excluding hydrogens is 292 g/mol. The first-order chi connectivity index (χ1) is 11.3. The van der Waals surface area contributed by atoms with E-state index in [1.54, 1.807) is 18.3 Å². The monoisotopic (exact) mass is 316 g/mol. The van der Waals surface area contributed by atoms with Crippen molar-refractivity contribution in [3.05, 3.63) is 23.9 Å². The summed E-state index contributed by atoms with van der Waals surface area (Å²) in [4.78, 5) is 32.8. The molecule has 2 aliphatic rings. The molecule has 3 rings (SSSR count). The van der Waals surface area contributed by atoms with Crippen molar-refractivity contribution in [2.75, 3.05) is 37.6 Å². The molecule has 0 saturated carbocycles. The zero-order chi connectivity index (χ0) is 16.1. The maximum absolute atomic E-state index is 12.4. The van der Waals surface area contributed by atoms with Crippen LogP contribution in [-0.4, -0.2) is 54.4 Å². The van der Waals surface area contributed by atoms with Crippen molar-refractivity contribution in [3.8, 4) is 0 Å². The minimum Gasteiger partial charge on any atom is -0.356 e. The number of nitrogens with zero attached hydrogens (tertiary/aromatic N) is 3. The minimum absolute atomic E-state index is 0.133. The number of carbonyl (C=O) groups is 2. The van der Waals surface area contributed by atoms with Crippen molar-refractivity contribution in [2.24, 2.45) is 0 Å². The Hall–Kier alpha value is -2.11. The second-order valence-electron chi connectivity index (χ2n) is 6.16. The molecule has 0 unspecified atom stereocenters. The van der Waals surface area contributed by atoms with Gasteiger partial charge in [-0.3, -0.25) is 9.59 Å². The van der Waals surface area contributed by atoms with Gasteiger partial charge in [0, 0.05) is 45.3 Å². The quantitative estimate of drug-likeness (QED) is 0.892. The van der Waals surface area contributed by atoms with E-state index in [2.05, 4.69) is 15.2 Å². The van der Waals surface area contributed by atoms with E-state index < -0.39 is 0 Å². The number of carbonyl (C=O) groups excluding carboxylic acids is 2. The Morgan fingerprint density at radius 3 is 2.52 bits per heavy atom. The summed E-state index contributed by atoms with van der Waals surface area (Å²) in [5, 5.41) is 2.86. The molecule has 23 heavy (non-hydrogen) atoms. The number of nitrogens with one attached hydrogen (secondary N) is 1. The first-order valence-electron chi connectivity index (χ1n) is 8.51. The first kappa shape index (κ1) is 15.8. The Kier molecular flexibility index (Phi) is 5.10. The third kappa shape index (κ3) is 3.81. The van der Waals surface area contributed by atoms with Gasteiger partial charge in [-0.25, -0.2) is 4.98 Å². The van der Waals surface area contributed by atoms with Crippen LogP contribution in [0.15, 0.2) is 18.3 Å². The van der Waals surface area contributed by atoms with E-state index in [0.717, 1.165) is 57.7 Å². The highest BCUT2D eigenvalue weighted by Crippen LogP contribution is 2.21. The smallest absolute Gasteiger partial charge is 0.255 e. The predicted molar refractivity (Wildman–Crippen MR) is 88.4 cm³/mol. The van der Waals surface area contributed by atoms with Crippen LogP contribution in [0.25, 0.3) is 0 Å². The number of amides is 2. The van der Waals surface area contributed by atoms with E-state index in [9.17, 15) is 9.59 Å². The molecule has 0 aromatic carbocycles. The Labute approximate surface area is 136 Å². The van der Waals surface area contributed by atoms with Gasteiger partial charge in [0.2, 0.25) is 5.91 Å². The molecule has 0 bridgehead atoms. The second-order valence-corrected chi connectivity index (χ2v) is 6.16. The SMILES string of the molecule is O=C(NCCC(=O)N1CCCC1)c1cccnc1N1CCCC1. The molecule has 1 aromatic rings. The van der Waals surface area contributed by atoms with E-state index in [-0.39, 0.29) is 11.8 Å². The zero-order valence-corrected chi connectivity index (χ0v) is 13.5. The van der Waals surface area contributed by atoms with Crippen molar-refractivity contribution in [2.45, 2.75) is 32.1 Å². The van der Waals surface area contributed by atoms with Crippen LogP contribution in [0.5, 0.6) is 0 Å². The minimum atomic E-state index is -0.144. The first-order valence-corrected chi connectivity index (χ1v) is 8.51. The van der Waals surface area contributed by atoms with E-state index in [4.69, 9.17) is 0 Å². The van der Waals surface area contributed by atoms with Crippen LogP contribution in [0.4, 0.5) is 5.82 Å². The van der Waals surface area contributed by atoms with Gasteiger partial charge in [0.05, 0.1) is 5.56 Å². The molecule has 0 atom stereocenters. The molecule has 2 amide bonds. The van der Waals surface area contributed by atoms with Gasteiger partial charge in [-0.1, -0.05) is 0 Å². The second kappa shape index (κ2) is 7.44. The Bertz CT molecular complexity index is 563. The fraction of sp³-hybridized carbons (Fsp3) is 0.588. The maximum Gasteiger partial charge on any atom is 0.255 e. The van der Waals surface area contributed by atoms with Crippen molar-refractivity contribution < 1.29 is 9.59 Å². The van der Waals surface area contributed by atoms with Gasteiger partial charge in [-0.2, -0.15) is 0 Å². The lowest BCUT2D eigenvalue weighted by Gasteiger charge is -2.19. The summed E-state index contributed by atoms with van der Waals surface area (Å²) < 4.78 is 0. The van der Waals surface area contributed by atoms with E-state index >= 15 is 0 Å². The summed E-state index contributed by atoms with van der Waals surface area (Å²) in [5.41, 5.74) is 0.600. The Morgan fingerprint density at radius 1 is 1.09 bits per heavy atom. The molecule has 0 aliphatic carbocycles. The van der Waals surface area contributed by atoms with Gasteiger partial charge in [0.15, 0.2) is 0 Å². The van der Waals surface area contributed by atoms with Crippen LogP contribution in [0, 0.1) is 0 Å². The van der Waals surface area contributed by atoms with Crippen molar-refractivity contribution in [1.82, 2.24) is 15.2 Å². The Balaban J connectivity index is 1.54. The van der Waals surface area contributed by atoms with Gasteiger partial charge < -0.3 is 15.1 Å². The molecule has 6 nitrogen and oxygen atoms in total. The average molecular weight is 316 g/mol. The number of hydrogen-bond acceptors (Lipinski definition) is 4. The van der Waals surface area contributed by atoms with Gasteiger partial charge in [0.25, 0.3) is 5.91 Å². The molecular formula is C17H24N4O2. The summed E-state index contributed by atoms with van der Waals surface area (Å²) in [6.07, 6.45) is 6.55. The highest BCUT2D eigenvalue weighted by atomic mass is 16.2. The van der Waals surface area contributed by atoms with Crippen molar-refractivity contribution in [1.29, 1.82) is 0 Å². The topological polar surface area (TPSA) is 65.5 Å². The third-order valence-electron chi connectivity index (χ3n) is 4.52. The van der Waals surface area contributed by atoms with Gasteiger partial charge in [-0.15, -0.1) is 0 Å². The van der Waals surface area contributed by atoms with E-state index in [1.165, 1.54) is 0 Å². The molecule has 6 heteroatoms. The molecule has 0 spiro atoms. The summed E-state index contributed by atoms with van der Waals surface area (Å²) in [6, 6.07) is 3.59. The normalized spacial score (nSPS) is 17.6. The predicted octanol–water partition coefficient (Wildman–Crippen LogP) is 1.42. The summed E-state index contributed by atoms with van der Waals surface area (Å²) in [6.45, 7) is 3.99. The molecule has 2 aliphatic heterocycles. The standard InChI is InChI=1S/C17H24N4O2/c22-15(20-10-1-2-11-20)7-9-19-17(23)14-6-5-8-18-16(14)21-12-3-4-13-21/h5-6,8H,1-4,7,9-13H2,(H,19,23). The van der Waals surface area contributed by atoms with Gasteiger partial charge in [0.1, 0.15) is 5.82 Å². The number of rotatable bonds is 5. The Morgan fingerprint density at radius 2 is 1.78 bits per heavy atom. The molecule has 3 heterocycles. The number of hydrogen-bond donors (Lipinski definition) is 1. The largest absolute Gasteiger partial charge is 0.356 e.